The van der Waals surface area contributed by atoms with E-state index in [1.807, 2.05) is 6.20 Å². The third-order valence-electron chi connectivity index (χ3n) is 2.78. The number of hydrogen-bond acceptors (Lipinski definition) is 2. The number of anilines is 1. The highest BCUT2D eigenvalue weighted by atomic mass is 15.2. The normalized spacial score (nSPS) is 21.8. The second kappa shape index (κ2) is 2.76. The summed E-state index contributed by atoms with van der Waals surface area (Å²) in [6.07, 6.45) is 9.42. The molecule has 0 aliphatic heterocycles. The molecule has 2 fully saturated rings. The van der Waals surface area contributed by atoms with Crippen LogP contribution in [0.5, 0.6) is 0 Å². The van der Waals surface area contributed by atoms with Gasteiger partial charge in [-0.3, -0.25) is 0 Å². The molecule has 70 valence electrons. The number of nitrogens with zero attached hydrogens (tertiary/aromatic N) is 2. The van der Waals surface area contributed by atoms with Crippen LogP contribution in [0.25, 0.3) is 0 Å². The van der Waals surface area contributed by atoms with Gasteiger partial charge in [-0.2, -0.15) is 0 Å². The fourth-order valence-corrected chi connectivity index (χ4v) is 1.59. The predicted octanol–water partition coefficient (Wildman–Crippen LogP) is 1.87. The van der Waals surface area contributed by atoms with Crippen molar-refractivity contribution in [3.05, 3.63) is 12.4 Å². The first-order valence-electron chi connectivity index (χ1n) is 5.19. The van der Waals surface area contributed by atoms with Crippen LogP contribution in [0.3, 0.4) is 0 Å². The summed E-state index contributed by atoms with van der Waals surface area (Å²) in [4.78, 5) is 4.33. The van der Waals surface area contributed by atoms with Gasteiger partial charge in [-0.25, -0.2) is 4.98 Å². The van der Waals surface area contributed by atoms with E-state index in [9.17, 15) is 0 Å². The molecule has 0 saturated heterocycles. The number of hydrogen-bond donors (Lipinski definition) is 1. The molecule has 1 heterocycles. The molecule has 2 saturated carbocycles. The van der Waals surface area contributed by atoms with Crippen LogP contribution in [0.2, 0.25) is 0 Å². The third-order valence-corrected chi connectivity index (χ3v) is 2.78. The quantitative estimate of drug-likeness (QED) is 0.760. The molecule has 0 amide bonds. The number of aromatic nitrogens is 2. The van der Waals surface area contributed by atoms with Crippen molar-refractivity contribution < 1.29 is 0 Å². The van der Waals surface area contributed by atoms with Gasteiger partial charge in [-0.15, -0.1) is 0 Å². The van der Waals surface area contributed by atoms with Crippen LogP contribution in [0.1, 0.15) is 25.7 Å². The second-order valence-electron chi connectivity index (χ2n) is 4.27. The number of imidazole rings is 1. The van der Waals surface area contributed by atoms with Gasteiger partial charge in [0.05, 0.1) is 0 Å². The minimum atomic E-state index is 0.709. The maximum absolute atomic E-state index is 4.33. The van der Waals surface area contributed by atoms with Gasteiger partial charge in [0.15, 0.2) is 0 Å². The van der Waals surface area contributed by atoms with Crippen LogP contribution in [0, 0.1) is 5.92 Å². The summed E-state index contributed by atoms with van der Waals surface area (Å²) < 4.78 is 2.26. The van der Waals surface area contributed by atoms with Crippen LogP contribution in [-0.2, 0) is 6.54 Å². The summed E-state index contributed by atoms with van der Waals surface area (Å²) in [6.45, 7) is 1.16. The minimum absolute atomic E-state index is 0.709. The summed E-state index contributed by atoms with van der Waals surface area (Å²) >= 11 is 0. The molecule has 0 spiro atoms. The molecule has 0 atom stereocenters. The molecule has 2 aliphatic rings. The lowest BCUT2D eigenvalue weighted by Gasteiger charge is -2.07. The van der Waals surface area contributed by atoms with Gasteiger partial charge in [0.2, 0.25) is 5.95 Å². The Hall–Kier alpha value is -0.990. The highest BCUT2D eigenvalue weighted by molar-refractivity contribution is 5.29. The number of nitrogens with one attached hydrogen (secondary N) is 1. The SMILES string of the molecule is c1cn(CC2CC2)c(NC2CC2)n1. The largest absolute Gasteiger partial charge is 0.353 e. The zero-order valence-electron chi connectivity index (χ0n) is 7.74. The van der Waals surface area contributed by atoms with Gasteiger partial charge in [0, 0.05) is 25.0 Å². The standard InChI is InChI=1S/C10H15N3/c1-2-8(1)7-13-6-5-11-10(13)12-9-3-4-9/h5-6,8-9H,1-4,7H2,(H,11,12). The van der Waals surface area contributed by atoms with E-state index < -0.39 is 0 Å². The zero-order chi connectivity index (χ0) is 8.67. The Bertz CT molecular complexity index is 268. The first-order valence-corrected chi connectivity index (χ1v) is 5.19. The fraction of sp³-hybridized carbons (Fsp3) is 0.700. The minimum Gasteiger partial charge on any atom is -0.353 e. The van der Waals surface area contributed by atoms with Crippen molar-refractivity contribution in [3.63, 3.8) is 0 Å². The van der Waals surface area contributed by atoms with E-state index in [2.05, 4.69) is 21.1 Å². The molecule has 3 heteroatoms. The van der Waals surface area contributed by atoms with Crippen LogP contribution in [-0.4, -0.2) is 15.6 Å². The Kier molecular flexibility index (Phi) is 1.57. The van der Waals surface area contributed by atoms with Crippen molar-refractivity contribution in [1.29, 1.82) is 0 Å². The lowest BCUT2D eigenvalue weighted by atomic mass is 10.4. The van der Waals surface area contributed by atoms with Crippen molar-refractivity contribution in [2.24, 2.45) is 5.92 Å². The topological polar surface area (TPSA) is 29.9 Å². The molecule has 0 unspecified atom stereocenters. The zero-order valence-corrected chi connectivity index (χ0v) is 7.74. The smallest absolute Gasteiger partial charge is 0.202 e. The Labute approximate surface area is 78.2 Å². The van der Waals surface area contributed by atoms with Crippen molar-refractivity contribution in [2.45, 2.75) is 38.3 Å². The molecule has 3 rings (SSSR count). The van der Waals surface area contributed by atoms with Gasteiger partial charge >= 0.3 is 0 Å². The summed E-state index contributed by atoms with van der Waals surface area (Å²) in [7, 11) is 0. The molecule has 1 aromatic rings. The lowest BCUT2D eigenvalue weighted by molar-refractivity contribution is 0.630. The van der Waals surface area contributed by atoms with Gasteiger partial charge in [0.1, 0.15) is 0 Å². The highest BCUT2D eigenvalue weighted by Crippen LogP contribution is 2.32. The van der Waals surface area contributed by atoms with Gasteiger partial charge < -0.3 is 9.88 Å². The van der Waals surface area contributed by atoms with E-state index >= 15 is 0 Å². The van der Waals surface area contributed by atoms with Crippen LogP contribution >= 0.6 is 0 Å². The average molecular weight is 177 g/mol. The molecular weight excluding hydrogens is 162 g/mol. The van der Waals surface area contributed by atoms with Crippen molar-refractivity contribution >= 4 is 5.95 Å². The van der Waals surface area contributed by atoms with E-state index in [0.29, 0.717) is 6.04 Å². The predicted molar refractivity (Wildman–Crippen MR) is 51.6 cm³/mol. The molecule has 0 aromatic carbocycles. The third kappa shape index (κ3) is 1.69. The van der Waals surface area contributed by atoms with Gasteiger partial charge in [-0.1, -0.05) is 0 Å². The Morgan fingerprint density at radius 1 is 1.38 bits per heavy atom. The molecule has 0 bridgehead atoms. The Morgan fingerprint density at radius 3 is 2.92 bits per heavy atom. The summed E-state index contributed by atoms with van der Waals surface area (Å²) in [6, 6.07) is 0.709. The van der Waals surface area contributed by atoms with E-state index in [4.69, 9.17) is 0 Å². The van der Waals surface area contributed by atoms with Gasteiger partial charge in [-0.05, 0) is 31.6 Å². The Morgan fingerprint density at radius 2 is 2.23 bits per heavy atom. The fourth-order valence-electron chi connectivity index (χ4n) is 1.59. The maximum atomic E-state index is 4.33. The van der Waals surface area contributed by atoms with Crippen molar-refractivity contribution in [3.8, 4) is 0 Å². The molecule has 3 nitrogen and oxygen atoms in total. The summed E-state index contributed by atoms with van der Waals surface area (Å²) in [5.41, 5.74) is 0. The maximum Gasteiger partial charge on any atom is 0.202 e. The molecular formula is C10H15N3. The highest BCUT2D eigenvalue weighted by Gasteiger charge is 2.25. The average Bonchev–Trinajstić information content (AvgIpc) is 2.95. The molecule has 1 N–H and O–H groups in total. The lowest BCUT2D eigenvalue weighted by Crippen LogP contribution is -2.09. The summed E-state index contributed by atoms with van der Waals surface area (Å²) in [5.74, 6) is 2.00. The Balaban J connectivity index is 1.70. The number of rotatable bonds is 4. The van der Waals surface area contributed by atoms with Crippen LogP contribution < -0.4 is 5.32 Å². The molecule has 13 heavy (non-hydrogen) atoms. The van der Waals surface area contributed by atoms with Crippen molar-refractivity contribution in [2.75, 3.05) is 5.32 Å². The van der Waals surface area contributed by atoms with Crippen molar-refractivity contribution in [1.82, 2.24) is 9.55 Å². The van der Waals surface area contributed by atoms with E-state index in [1.54, 1.807) is 0 Å². The molecule has 1 aromatic heterocycles. The monoisotopic (exact) mass is 177 g/mol. The van der Waals surface area contributed by atoms with E-state index in [0.717, 1.165) is 18.4 Å². The first-order chi connectivity index (χ1) is 6.42. The first kappa shape index (κ1) is 7.42. The van der Waals surface area contributed by atoms with E-state index in [1.165, 1.54) is 25.7 Å². The van der Waals surface area contributed by atoms with E-state index in [-0.39, 0.29) is 0 Å². The van der Waals surface area contributed by atoms with Gasteiger partial charge in [0.25, 0.3) is 0 Å². The molecule has 2 aliphatic carbocycles. The summed E-state index contributed by atoms with van der Waals surface area (Å²) in [5, 5.41) is 3.45. The molecule has 0 radical (unpaired) electrons. The van der Waals surface area contributed by atoms with Crippen LogP contribution in [0.4, 0.5) is 5.95 Å². The second-order valence-corrected chi connectivity index (χ2v) is 4.27. The van der Waals surface area contributed by atoms with Crippen LogP contribution in [0.15, 0.2) is 12.4 Å².